The highest BCUT2D eigenvalue weighted by Crippen LogP contribution is 2.28. The van der Waals surface area contributed by atoms with Crippen LogP contribution in [-0.4, -0.2) is 29.8 Å². The highest BCUT2D eigenvalue weighted by molar-refractivity contribution is 5.92. The van der Waals surface area contributed by atoms with Gasteiger partial charge in [-0.1, -0.05) is 72.8 Å². The van der Waals surface area contributed by atoms with E-state index in [1.165, 1.54) is 25.1 Å². The molecule has 3 amide bonds. The maximum Gasteiger partial charge on any atom is 0.243 e. The molecule has 3 aromatic carbocycles. The lowest BCUT2D eigenvalue weighted by atomic mass is 9.84. The third-order valence-electron chi connectivity index (χ3n) is 5.28. The fourth-order valence-corrected chi connectivity index (χ4v) is 3.82. The Morgan fingerprint density at radius 2 is 1.42 bits per heavy atom. The monoisotopic (exact) mass is 447 g/mol. The molecule has 0 aliphatic carbocycles. The van der Waals surface area contributed by atoms with E-state index in [1.807, 2.05) is 60.7 Å². The Morgan fingerprint density at radius 3 is 1.91 bits per heavy atom. The number of nitrogens with two attached hydrogens (primary N) is 1. The first-order valence-corrected chi connectivity index (χ1v) is 10.6. The van der Waals surface area contributed by atoms with Crippen LogP contribution in [0.1, 0.15) is 29.5 Å². The maximum absolute atomic E-state index is 13.6. The van der Waals surface area contributed by atoms with Gasteiger partial charge >= 0.3 is 0 Å². The van der Waals surface area contributed by atoms with Crippen LogP contribution in [-0.2, 0) is 20.8 Å². The molecule has 2 atom stereocenters. The van der Waals surface area contributed by atoms with Crippen LogP contribution in [0.3, 0.4) is 0 Å². The third-order valence-corrected chi connectivity index (χ3v) is 5.28. The highest BCUT2D eigenvalue weighted by atomic mass is 19.1. The van der Waals surface area contributed by atoms with E-state index in [0.29, 0.717) is 5.56 Å². The molecular formula is C26H26FN3O3. The second kappa shape index (κ2) is 11.0. The molecule has 0 heterocycles. The SMILES string of the molecule is CC(=O)N[C@H](Cc1cccc(F)c1)C(=O)N[C@@H](C(N)=O)C(c1ccccc1)c1ccccc1. The summed E-state index contributed by atoms with van der Waals surface area (Å²) in [6.45, 7) is 1.29. The first kappa shape index (κ1) is 23.7. The molecule has 0 saturated heterocycles. The van der Waals surface area contributed by atoms with Crippen LogP contribution >= 0.6 is 0 Å². The van der Waals surface area contributed by atoms with Gasteiger partial charge in [-0.25, -0.2) is 4.39 Å². The molecular weight excluding hydrogens is 421 g/mol. The van der Waals surface area contributed by atoms with Gasteiger partial charge in [0.2, 0.25) is 17.7 Å². The molecule has 6 nitrogen and oxygen atoms in total. The van der Waals surface area contributed by atoms with Gasteiger partial charge in [-0.15, -0.1) is 0 Å². The molecule has 3 aromatic rings. The van der Waals surface area contributed by atoms with E-state index in [4.69, 9.17) is 5.73 Å². The van der Waals surface area contributed by atoms with Gasteiger partial charge in [-0.3, -0.25) is 14.4 Å². The van der Waals surface area contributed by atoms with Crippen molar-refractivity contribution < 1.29 is 18.8 Å². The maximum atomic E-state index is 13.6. The number of benzene rings is 3. The minimum Gasteiger partial charge on any atom is -0.368 e. The number of rotatable bonds is 9. The largest absolute Gasteiger partial charge is 0.368 e. The molecule has 0 aliphatic rings. The standard InChI is InChI=1S/C26H26FN3O3/c1-17(31)29-22(16-18-9-8-14-21(27)15-18)26(33)30-24(25(28)32)23(19-10-4-2-5-11-19)20-12-6-3-7-13-20/h2-15,22-24H,16H2,1H3,(H2,28,32)(H,29,31)(H,30,33)/t22-,24-/m1/s1. The van der Waals surface area contributed by atoms with Crippen molar-refractivity contribution in [3.8, 4) is 0 Å². The summed E-state index contributed by atoms with van der Waals surface area (Å²) in [6.07, 6.45) is 0.0516. The topological polar surface area (TPSA) is 101 Å². The normalized spacial score (nSPS) is 12.6. The fourth-order valence-electron chi connectivity index (χ4n) is 3.82. The smallest absolute Gasteiger partial charge is 0.243 e. The molecule has 0 aliphatic heterocycles. The lowest BCUT2D eigenvalue weighted by Crippen LogP contribution is -2.55. The van der Waals surface area contributed by atoms with Gasteiger partial charge in [0.25, 0.3) is 0 Å². The molecule has 0 fully saturated rings. The van der Waals surface area contributed by atoms with Crippen LogP contribution in [0.4, 0.5) is 4.39 Å². The van der Waals surface area contributed by atoms with Gasteiger partial charge < -0.3 is 16.4 Å². The molecule has 3 rings (SSSR count). The number of halogens is 1. The second-order valence-electron chi connectivity index (χ2n) is 7.77. The summed E-state index contributed by atoms with van der Waals surface area (Å²) in [7, 11) is 0. The summed E-state index contributed by atoms with van der Waals surface area (Å²) in [5, 5.41) is 5.32. The Kier molecular flexibility index (Phi) is 7.91. The van der Waals surface area contributed by atoms with Crippen molar-refractivity contribution in [2.24, 2.45) is 5.73 Å². The Labute approximate surface area is 192 Å². The predicted molar refractivity (Wildman–Crippen MR) is 124 cm³/mol. The minimum absolute atomic E-state index is 0.0516. The average molecular weight is 448 g/mol. The number of amides is 3. The molecule has 0 aromatic heterocycles. The third kappa shape index (κ3) is 6.49. The van der Waals surface area contributed by atoms with Crippen molar-refractivity contribution in [1.82, 2.24) is 10.6 Å². The predicted octanol–water partition coefficient (Wildman–Crippen LogP) is 2.68. The zero-order valence-electron chi connectivity index (χ0n) is 18.2. The Morgan fingerprint density at radius 1 is 0.848 bits per heavy atom. The Balaban J connectivity index is 1.92. The first-order chi connectivity index (χ1) is 15.8. The van der Waals surface area contributed by atoms with Gasteiger partial charge in [0.1, 0.15) is 17.9 Å². The number of hydrogen-bond acceptors (Lipinski definition) is 3. The summed E-state index contributed by atoms with van der Waals surface area (Å²) in [5.74, 6) is -2.72. The number of hydrogen-bond donors (Lipinski definition) is 3. The van der Waals surface area contributed by atoms with Crippen molar-refractivity contribution in [2.75, 3.05) is 0 Å². The fraction of sp³-hybridized carbons (Fsp3) is 0.192. The van der Waals surface area contributed by atoms with E-state index in [9.17, 15) is 18.8 Å². The van der Waals surface area contributed by atoms with E-state index in [2.05, 4.69) is 10.6 Å². The molecule has 0 bridgehead atoms. The van der Waals surface area contributed by atoms with Crippen LogP contribution in [0, 0.1) is 5.82 Å². The van der Waals surface area contributed by atoms with Crippen molar-refractivity contribution in [3.05, 3.63) is 107 Å². The van der Waals surface area contributed by atoms with Crippen LogP contribution < -0.4 is 16.4 Å². The molecule has 0 radical (unpaired) electrons. The highest BCUT2D eigenvalue weighted by Gasteiger charge is 2.33. The molecule has 0 saturated carbocycles. The molecule has 33 heavy (non-hydrogen) atoms. The molecule has 0 unspecified atom stereocenters. The van der Waals surface area contributed by atoms with Crippen molar-refractivity contribution in [2.45, 2.75) is 31.3 Å². The minimum atomic E-state index is -1.08. The Bertz CT molecular complexity index is 1070. The quantitative estimate of drug-likeness (QED) is 0.470. The van der Waals surface area contributed by atoms with Gasteiger partial charge in [0.15, 0.2) is 0 Å². The molecule has 0 spiro atoms. The van der Waals surface area contributed by atoms with E-state index < -0.39 is 41.5 Å². The van der Waals surface area contributed by atoms with E-state index >= 15 is 0 Å². The van der Waals surface area contributed by atoms with Crippen LogP contribution in [0.5, 0.6) is 0 Å². The van der Waals surface area contributed by atoms with Crippen molar-refractivity contribution in [3.63, 3.8) is 0 Å². The van der Waals surface area contributed by atoms with E-state index in [1.54, 1.807) is 6.07 Å². The summed E-state index contributed by atoms with van der Waals surface area (Å²) >= 11 is 0. The van der Waals surface area contributed by atoms with E-state index in [0.717, 1.165) is 11.1 Å². The number of carbonyl (C=O) groups is 3. The van der Waals surface area contributed by atoms with Gasteiger partial charge in [-0.05, 0) is 28.8 Å². The van der Waals surface area contributed by atoms with Gasteiger partial charge in [0.05, 0.1) is 0 Å². The zero-order chi connectivity index (χ0) is 23.8. The lowest BCUT2D eigenvalue weighted by molar-refractivity contribution is -0.131. The summed E-state index contributed by atoms with van der Waals surface area (Å²) in [5.41, 5.74) is 7.87. The number of primary amides is 1. The summed E-state index contributed by atoms with van der Waals surface area (Å²) < 4.78 is 13.6. The first-order valence-electron chi connectivity index (χ1n) is 10.6. The van der Waals surface area contributed by atoms with Crippen LogP contribution in [0.25, 0.3) is 0 Å². The zero-order valence-corrected chi connectivity index (χ0v) is 18.2. The average Bonchev–Trinajstić information content (AvgIpc) is 2.79. The molecule has 170 valence electrons. The second-order valence-corrected chi connectivity index (χ2v) is 7.77. The lowest BCUT2D eigenvalue weighted by Gasteiger charge is -2.28. The van der Waals surface area contributed by atoms with Gasteiger partial charge in [0, 0.05) is 19.3 Å². The van der Waals surface area contributed by atoms with Crippen LogP contribution in [0.15, 0.2) is 84.9 Å². The van der Waals surface area contributed by atoms with Crippen molar-refractivity contribution >= 4 is 17.7 Å². The molecule has 7 heteroatoms. The summed E-state index contributed by atoms with van der Waals surface area (Å²) in [6, 6.07) is 22.2. The van der Waals surface area contributed by atoms with Crippen molar-refractivity contribution in [1.29, 1.82) is 0 Å². The molecule has 4 N–H and O–H groups in total. The number of carbonyl (C=O) groups excluding carboxylic acids is 3. The van der Waals surface area contributed by atoms with Gasteiger partial charge in [-0.2, -0.15) is 0 Å². The Hall–Kier alpha value is -4.00. The van der Waals surface area contributed by atoms with Crippen LogP contribution in [0.2, 0.25) is 0 Å². The number of nitrogens with one attached hydrogen (secondary N) is 2. The summed E-state index contributed by atoms with van der Waals surface area (Å²) in [4.78, 5) is 37.5. The van der Waals surface area contributed by atoms with E-state index in [-0.39, 0.29) is 6.42 Å².